The second-order valence-corrected chi connectivity index (χ2v) is 7.46. The van der Waals surface area contributed by atoms with Crippen molar-refractivity contribution in [3.05, 3.63) is 71.5 Å². The van der Waals surface area contributed by atoms with Gasteiger partial charge in [0, 0.05) is 24.2 Å². The van der Waals surface area contributed by atoms with Gasteiger partial charge < -0.3 is 9.14 Å². The Labute approximate surface area is 144 Å². The molecular formula is C18H14N2O4S. The molecule has 3 aromatic rings. The molecule has 0 aliphatic carbocycles. The first-order valence-corrected chi connectivity index (χ1v) is 9.26. The molecule has 0 N–H and O–H groups in total. The standard InChI is InChI=1S/C18H14N2O4S/c1-25(22,23)17-8-3-2-6-14(17)18(21)24-12-13-11-20-9-5-4-7-16(20)15(13)10-19/h2-9,11H,12H2,1H3. The Morgan fingerprint density at radius 2 is 1.92 bits per heavy atom. The molecule has 0 unspecified atom stereocenters. The molecule has 2 heterocycles. The van der Waals surface area contributed by atoms with Crippen LogP contribution in [-0.4, -0.2) is 25.0 Å². The molecular weight excluding hydrogens is 340 g/mol. The number of aromatic nitrogens is 1. The largest absolute Gasteiger partial charge is 0.457 e. The highest BCUT2D eigenvalue weighted by Gasteiger charge is 2.20. The molecule has 0 spiro atoms. The van der Waals surface area contributed by atoms with E-state index in [0.717, 1.165) is 6.26 Å². The maximum Gasteiger partial charge on any atom is 0.339 e. The number of pyridine rings is 1. The van der Waals surface area contributed by atoms with E-state index in [1.807, 2.05) is 12.1 Å². The highest BCUT2D eigenvalue weighted by atomic mass is 32.2. The molecule has 3 rings (SSSR count). The first-order chi connectivity index (χ1) is 11.9. The van der Waals surface area contributed by atoms with Gasteiger partial charge in [0.25, 0.3) is 0 Å². The zero-order valence-electron chi connectivity index (χ0n) is 13.3. The first-order valence-electron chi connectivity index (χ1n) is 7.36. The van der Waals surface area contributed by atoms with Gasteiger partial charge in [0.15, 0.2) is 9.84 Å². The number of benzene rings is 1. The van der Waals surface area contributed by atoms with Crippen molar-refractivity contribution < 1.29 is 17.9 Å². The van der Waals surface area contributed by atoms with Gasteiger partial charge in [-0.1, -0.05) is 18.2 Å². The van der Waals surface area contributed by atoms with Crippen LogP contribution in [-0.2, 0) is 21.2 Å². The fourth-order valence-corrected chi connectivity index (χ4v) is 3.47. The van der Waals surface area contributed by atoms with E-state index in [1.54, 1.807) is 35.0 Å². The van der Waals surface area contributed by atoms with Crippen LogP contribution in [0, 0.1) is 11.3 Å². The van der Waals surface area contributed by atoms with Crippen molar-refractivity contribution in [3.63, 3.8) is 0 Å². The molecule has 0 aliphatic heterocycles. The van der Waals surface area contributed by atoms with E-state index in [2.05, 4.69) is 6.07 Å². The van der Waals surface area contributed by atoms with Crippen LogP contribution in [0.15, 0.2) is 59.8 Å². The number of hydrogen-bond acceptors (Lipinski definition) is 5. The van der Waals surface area contributed by atoms with Crippen LogP contribution in [0.3, 0.4) is 0 Å². The molecule has 6 nitrogen and oxygen atoms in total. The molecule has 25 heavy (non-hydrogen) atoms. The van der Waals surface area contributed by atoms with Crippen LogP contribution in [0.5, 0.6) is 0 Å². The number of carbonyl (C=O) groups excluding carboxylic acids is 1. The lowest BCUT2D eigenvalue weighted by atomic mass is 10.2. The number of rotatable bonds is 4. The molecule has 0 atom stereocenters. The topological polar surface area (TPSA) is 88.6 Å². The van der Waals surface area contributed by atoms with E-state index >= 15 is 0 Å². The second-order valence-electron chi connectivity index (χ2n) is 5.48. The third-order valence-corrected chi connectivity index (χ3v) is 4.89. The van der Waals surface area contributed by atoms with Crippen LogP contribution in [0.2, 0.25) is 0 Å². The Balaban J connectivity index is 1.89. The molecule has 126 valence electrons. The maximum absolute atomic E-state index is 12.3. The third kappa shape index (κ3) is 3.25. The zero-order chi connectivity index (χ0) is 18.0. The number of sulfone groups is 1. The Hall–Kier alpha value is -3.11. The Bertz CT molecular complexity index is 1110. The number of carbonyl (C=O) groups is 1. The van der Waals surface area contributed by atoms with Crippen LogP contribution >= 0.6 is 0 Å². The van der Waals surface area contributed by atoms with Crippen LogP contribution in [0.25, 0.3) is 5.52 Å². The molecule has 2 aromatic heterocycles. The summed E-state index contributed by atoms with van der Waals surface area (Å²) in [6.07, 6.45) is 4.54. The van der Waals surface area contributed by atoms with Gasteiger partial charge in [-0.05, 0) is 24.3 Å². The first kappa shape index (κ1) is 16.7. The summed E-state index contributed by atoms with van der Waals surface area (Å²) >= 11 is 0. The quantitative estimate of drug-likeness (QED) is 0.672. The molecule has 1 aromatic carbocycles. The maximum atomic E-state index is 12.3. The van der Waals surface area contributed by atoms with E-state index in [-0.39, 0.29) is 17.1 Å². The van der Waals surface area contributed by atoms with Crippen molar-refractivity contribution in [1.29, 1.82) is 5.26 Å². The molecule has 0 aliphatic rings. The van der Waals surface area contributed by atoms with Crippen LogP contribution in [0.1, 0.15) is 21.5 Å². The van der Waals surface area contributed by atoms with Crippen molar-refractivity contribution >= 4 is 21.3 Å². The minimum Gasteiger partial charge on any atom is -0.457 e. The number of hydrogen-bond donors (Lipinski definition) is 0. The van der Waals surface area contributed by atoms with Gasteiger partial charge in [-0.3, -0.25) is 0 Å². The lowest BCUT2D eigenvalue weighted by Gasteiger charge is -2.08. The Kier molecular flexibility index (Phi) is 4.30. The highest BCUT2D eigenvalue weighted by Crippen LogP contribution is 2.21. The fraction of sp³-hybridized carbons (Fsp3) is 0.111. The van der Waals surface area contributed by atoms with Gasteiger partial charge >= 0.3 is 5.97 Å². The summed E-state index contributed by atoms with van der Waals surface area (Å²) in [6.45, 7) is -0.124. The lowest BCUT2D eigenvalue weighted by molar-refractivity contribution is 0.0468. The molecule has 0 saturated heterocycles. The summed E-state index contributed by atoms with van der Waals surface area (Å²) in [4.78, 5) is 12.2. The molecule has 0 radical (unpaired) electrons. The summed E-state index contributed by atoms with van der Waals surface area (Å²) in [5, 5.41) is 9.36. The predicted octanol–water partition coefficient (Wildman–Crippen LogP) is 2.57. The molecule has 0 fully saturated rings. The molecule has 7 heteroatoms. The van der Waals surface area contributed by atoms with E-state index in [0.29, 0.717) is 16.6 Å². The zero-order valence-corrected chi connectivity index (χ0v) is 14.2. The second kappa shape index (κ2) is 6.42. The van der Waals surface area contributed by atoms with E-state index < -0.39 is 15.8 Å². The van der Waals surface area contributed by atoms with Crippen molar-refractivity contribution in [2.75, 3.05) is 6.26 Å². The summed E-state index contributed by atoms with van der Waals surface area (Å²) in [5.74, 6) is -0.750. The summed E-state index contributed by atoms with van der Waals surface area (Å²) in [7, 11) is -3.55. The van der Waals surface area contributed by atoms with Crippen molar-refractivity contribution in [2.45, 2.75) is 11.5 Å². The number of esters is 1. The molecule has 0 saturated carbocycles. The summed E-state index contributed by atoms with van der Waals surface area (Å²) in [5.41, 5.74) is 1.67. The normalized spacial score (nSPS) is 11.2. The highest BCUT2D eigenvalue weighted by molar-refractivity contribution is 7.90. The lowest BCUT2D eigenvalue weighted by Crippen LogP contribution is -2.11. The number of fused-ring (bicyclic) bond motifs is 1. The minimum absolute atomic E-state index is 0.0210. The SMILES string of the molecule is CS(=O)(=O)c1ccccc1C(=O)OCc1cn2ccccc2c1C#N. The van der Waals surface area contributed by atoms with E-state index in [1.165, 1.54) is 12.1 Å². The summed E-state index contributed by atoms with van der Waals surface area (Å²) < 4.78 is 30.6. The number of nitriles is 1. The minimum atomic E-state index is -3.55. The van der Waals surface area contributed by atoms with Crippen molar-refractivity contribution in [1.82, 2.24) is 4.40 Å². The number of nitrogens with zero attached hydrogens (tertiary/aromatic N) is 2. The Morgan fingerprint density at radius 1 is 1.20 bits per heavy atom. The fourth-order valence-electron chi connectivity index (χ4n) is 2.60. The average molecular weight is 354 g/mol. The van der Waals surface area contributed by atoms with Gasteiger partial charge in [-0.15, -0.1) is 0 Å². The van der Waals surface area contributed by atoms with Crippen LogP contribution < -0.4 is 0 Å². The number of ether oxygens (including phenoxy) is 1. The van der Waals surface area contributed by atoms with Gasteiger partial charge in [0.05, 0.1) is 21.5 Å². The van der Waals surface area contributed by atoms with E-state index in [9.17, 15) is 18.5 Å². The molecule has 0 amide bonds. The van der Waals surface area contributed by atoms with Gasteiger partial charge in [0.2, 0.25) is 0 Å². The third-order valence-electron chi connectivity index (χ3n) is 3.74. The van der Waals surface area contributed by atoms with Gasteiger partial charge in [-0.25, -0.2) is 13.2 Å². The average Bonchev–Trinajstić information content (AvgIpc) is 2.96. The summed E-state index contributed by atoms with van der Waals surface area (Å²) in [6, 6.07) is 13.4. The smallest absolute Gasteiger partial charge is 0.339 e. The van der Waals surface area contributed by atoms with Crippen molar-refractivity contribution in [2.24, 2.45) is 0 Å². The predicted molar refractivity (Wildman–Crippen MR) is 90.8 cm³/mol. The monoisotopic (exact) mass is 354 g/mol. The van der Waals surface area contributed by atoms with Crippen LogP contribution in [0.4, 0.5) is 0 Å². The van der Waals surface area contributed by atoms with Crippen molar-refractivity contribution in [3.8, 4) is 6.07 Å². The van der Waals surface area contributed by atoms with Gasteiger partial charge in [0.1, 0.15) is 12.7 Å². The van der Waals surface area contributed by atoms with E-state index in [4.69, 9.17) is 4.74 Å². The molecule has 0 bridgehead atoms. The van der Waals surface area contributed by atoms with Gasteiger partial charge in [-0.2, -0.15) is 5.26 Å². The Morgan fingerprint density at radius 3 is 2.64 bits per heavy atom.